The summed E-state index contributed by atoms with van der Waals surface area (Å²) >= 11 is 7.60. The first-order chi connectivity index (χ1) is 10.7. The summed E-state index contributed by atoms with van der Waals surface area (Å²) < 4.78 is 0. The van der Waals surface area contributed by atoms with Gasteiger partial charge in [0.25, 0.3) is 0 Å². The molecule has 0 fully saturated rings. The van der Waals surface area contributed by atoms with Crippen molar-refractivity contribution in [3.05, 3.63) is 76.8 Å². The Bertz CT molecular complexity index is 755. The van der Waals surface area contributed by atoms with Gasteiger partial charge in [0.2, 0.25) is 0 Å². The molecule has 0 bridgehead atoms. The van der Waals surface area contributed by atoms with Crippen molar-refractivity contribution in [1.29, 1.82) is 0 Å². The van der Waals surface area contributed by atoms with E-state index >= 15 is 0 Å². The third-order valence-corrected chi connectivity index (χ3v) is 4.64. The highest BCUT2D eigenvalue weighted by Gasteiger charge is 2.03. The first-order valence-electron chi connectivity index (χ1n) is 6.99. The van der Waals surface area contributed by atoms with Crippen LogP contribution < -0.4 is 0 Å². The molecule has 0 aliphatic heterocycles. The third-order valence-electron chi connectivity index (χ3n) is 3.42. The molecule has 0 aliphatic carbocycles. The Morgan fingerprint density at radius 1 is 0.909 bits per heavy atom. The number of aryl methyl sites for hydroxylation is 1. The SMILES string of the molecule is Cc1ccccc1CSc1ccc(-c2ccc(Cl)cc2)nn1. The molecular weight excluding hydrogens is 312 g/mol. The van der Waals surface area contributed by atoms with Crippen LogP contribution in [-0.2, 0) is 5.75 Å². The highest BCUT2D eigenvalue weighted by molar-refractivity contribution is 7.98. The second kappa shape index (κ2) is 6.95. The number of nitrogens with zero attached hydrogens (tertiary/aromatic N) is 2. The van der Waals surface area contributed by atoms with E-state index in [9.17, 15) is 0 Å². The number of aromatic nitrogens is 2. The predicted octanol–water partition coefficient (Wildman–Crippen LogP) is 5.40. The van der Waals surface area contributed by atoms with Gasteiger partial charge in [-0.25, -0.2) is 0 Å². The van der Waals surface area contributed by atoms with Crippen LogP contribution in [0.15, 0.2) is 65.7 Å². The van der Waals surface area contributed by atoms with Crippen molar-refractivity contribution in [3.8, 4) is 11.3 Å². The highest BCUT2D eigenvalue weighted by atomic mass is 35.5. The summed E-state index contributed by atoms with van der Waals surface area (Å²) in [5.74, 6) is 0.904. The van der Waals surface area contributed by atoms with Gasteiger partial charge in [0.15, 0.2) is 0 Å². The molecule has 4 heteroatoms. The molecular formula is C18H15ClN2S. The number of halogens is 1. The molecule has 0 saturated heterocycles. The van der Waals surface area contributed by atoms with Crippen LogP contribution >= 0.6 is 23.4 Å². The second-order valence-electron chi connectivity index (χ2n) is 4.98. The van der Waals surface area contributed by atoms with Crippen molar-refractivity contribution in [2.75, 3.05) is 0 Å². The molecule has 0 amide bonds. The molecule has 2 aromatic carbocycles. The van der Waals surface area contributed by atoms with Crippen LogP contribution in [0, 0.1) is 6.92 Å². The Morgan fingerprint density at radius 2 is 1.68 bits per heavy atom. The number of hydrogen-bond acceptors (Lipinski definition) is 3. The number of hydrogen-bond donors (Lipinski definition) is 0. The molecule has 0 radical (unpaired) electrons. The molecule has 0 atom stereocenters. The van der Waals surface area contributed by atoms with Gasteiger partial charge in [-0.1, -0.05) is 59.8 Å². The van der Waals surface area contributed by atoms with Gasteiger partial charge in [-0.2, -0.15) is 0 Å². The monoisotopic (exact) mass is 326 g/mol. The van der Waals surface area contributed by atoms with Gasteiger partial charge in [0.1, 0.15) is 5.03 Å². The fraction of sp³-hybridized carbons (Fsp3) is 0.111. The van der Waals surface area contributed by atoms with Gasteiger partial charge >= 0.3 is 0 Å². The molecule has 3 aromatic rings. The fourth-order valence-corrected chi connectivity index (χ4v) is 3.11. The lowest BCUT2D eigenvalue weighted by molar-refractivity contribution is 0.935. The quantitative estimate of drug-likeness (QED) is 0.600. The van der Waals surface area contributed by atoms with Gasteiger partial charge in [0, 0.05) is 16.3 Å². The predicted molar refractivity (Wildman–Crippen MR) is 93.2 cm³/mol. The Kier molecular flexibility index (Phi) is 4.76. The van der Waals surface area contributed by atoms with E-state index in [-0.39, 0.29) is 0 Å². The lowest BCUT2D eigenvalue weighted by atomic mass is 10.1. The summed E-state index contributed by atoms with van der Waals surface area (Å²) in [6.45, 7) is 2.13. The molecule has 22 heavy (non-hydrogen) atoms. The summed E-state index contributed by atoms with van der Waals surface area (Å²) in [6, 6.07) is 20.0. The first-order valence-corrected chi connectivity index (χ1v) is 8.36. The van der Waals surface area contributed by atoms with Crippen LogP contribution in [0.5, 0.6) is 0 Å². The van der Waals surface area contributed by atoms with Crippen molar-refractivity contribution in [1.82, 2.24) is 10.2 Å². The van der Waals surface area contributed by atoms with Crippen LogP contribution in [-0.4, -0.2) is 10.2 Å². The fourth-order valence-electron chi connectivity index (χ4n) is 2.10. The minimum atomic E-state index is 0.724. The van der Waals surface area contributed by atoms with E-state index in [1.165, 1.54) is 11.1 Å². The maximum absolute atomic E-state index is 5.90. The van der Waals surface area contributed by atoms with Crippen molar-refractivity contribution in [3.63, 3.8) is 0 Å². The Balaban J connectivity index is 1.69. The molecule has 0 saturated carbocycles. The summed E-state index contributed by atoms with van der Waals surface area (Å²) in [4.78, 5) is 0. The maximum atomic E-state index is 5.90. The highest BCUT2D eigenvalue weighted by Crippen LogP contribution is 2.24. The molecule has 0 unspecified atom stereocenters. The Morgan fingerprint density at radius 3 is 2.36 bits per heavy atom. The van der Waals surface area contributed by atoms with E-state index in [1.807, 2.05) is 36.4 Å². The zero-order valence-corrected chi connectivity index (χ0v) is 13.7. The molecule has 0 N–H and O–H groups in total. The van der Waals surface area contributed by atoms with E-state index in [0.29, 0.717) is 0 Å². The molecule has 1 heterocycles. The van der Waals surface area contributed by atoms with Gasteiger partial charge in [-0.3, -0.25) is 0 Å². The van der Waals surface area contributed by atoms with Crippen molar-refractivity contribution >= 4 is 23.4 Å². The van der Waals surface area contributed by atoms with Gasteiger partial charge in [-0.05, 0) is 42.3 Å². The average Bonchev–Trinajstić information content (AvgIpc) is 2.55. The van der Waals surface area contributed by atoms with E-state index in [0.717, 1.165) is 27.1 Å². The zero-order chi connectivity index (χ0) is 15.4. The number of rotatable bonds is 4. The molecule has 110 valence electrons. The summed E-state index contributed by atoms with van der Waals surface area (Å²) in [5, 5.41) is 10.3. The largest absolute Gasteiger partial charge is 0.149 e. The summed E-state index contributed by atoms with van der Waals surface area (Å²) in [5.41, 5.74) is 4.51. The molecule has 0 aliphatic rings. The Labute approximate surface area is 139 Å². The Hall–Kier alpha value is -1.84. The second-order valence-corrected chi connectivity index (χ2v) is 6.41. The van der Waals surface area contributed by atoms with Gasteiger partial charge in [-0.15, -0.1) is 10.2 Å². The molecule has 2 nitrogen and oxygen atoms in total. The van der Waals surface area contributed by atoms with Crippen molar-refractivity contribution in [2.45, 2.75) is 17.7 Å². The van der Waals surface area contributed by atoms with E-state index < -0.39 is 0 Å². The summed E-state index contributed by atoms with van der Waals surface area (Å²) in [6.07, 6.45) is 0. The third kappa shape index (κ3) is 3.67. The van der Waals surface area contributed by atoms with Crippen LogP contribution in [0.2, 0.25) is 5.02 Å². The molecule has 3 rings (SSSR count). The minimum Gasteiger partial charge on any atom is -0.149 e. The molecule has 1 aromatic heterocycles. The van der Waals surface area contributed by atoms with Crippen LogP contribution in [0.1, 0.15) is 11.1 Å². The van der Waals surface area contributed by atoms with E-state index in [1.54, 1.807) is 11.8 Å². The summed E-state index contributed by atoms with van der Waals surface area (Å²) in [7, 11) is 0. The van der Waals surface area contributed by atoms with Crippen molar-refractivity contribution in [2.24, 2.45) is 0 Å². The topological polar surface area (TPSA) is 25.8 Å². The number of thioether (sulfide) groups is 1. The maximum Gasteiger partial charge on any atom is 0.119 e. The molecule has 0 spiro atoms. The first kappa shape index (κ1) is 15.1. The van der Waals surface area contributed by atoms with Gasteiger partial charge in [0.05, 0.1) is 5.69 Å². The van der Waals surface area contributed by atoms with E-state index in [2.05, 4.69) is 41.4 Å². The normalized spacial score (nSPS) is 10.6. The van der Waals surface area contributed by atoms with Crippen LogP contribution in [0.25, 0.3) is 11.3 Å². The van der Waals surface area contributed by atoms with Gasteiger partial charge < -0.3 is 0 Å². The van der Waals surface area contributed by atoms with Crippen LogP contribution in [0.3, 0.4) is 0 Å². The van der Waals surface area contributed by atoms with Crippen LogP contribution in [0.4, 0.5) is 0 Å². The lowest BCUT2D eigenvalue weighted by Gasteiger charge is -2.05. The smallest absolute Gasteiger partial charge is 0.119 e. The zero-order valence-electron chi connectivity index (χ0n) is 12.2. The minimum absolute atomic E-state index is 0.724. The average molecular weight is 327 g/mol. The standard InChI is InChI=1S/C18H15ClN2S/c1-13-4-2-3-5-15(13)12-22-18-11-10-17(20-21-18)14-6-8-16(19)9-7-14/h2-11H,12H2,1H3. The van der Waals surface area contributed by atoms with Crippen molar-refractivity contribution < 1.29 is 0 Å². The lowest BCUT2D eigenvalue weighted by Crippen LogP contribution is -1.91. The van der Waals surface area contributed by atoms with E-state index in [4.69, 9.17) is 11.6 Å². The number of benzene rings is 2.